The molecule has 7 nitrogen and oxygen atoms in total. The number of fused-ring (bicyclic) bond motifs is 1. The lowest BCUT2D eigenvalue weighted by Gasteiger charge is -2.37. The van der Waals surface area contributed by atoms with Crippen LogP contribution in [-0.2, 0) is 24.3 Å². The molecule has 3 aromatic rings. The predicted octanol–water partition coefficient (Wildman–Crippen LogP) is 3.91. The van der Waals surface area contributed by atoms with E-state index >= 15 is 0 Å². The molecule has 1 saturated heterocycles. The first-order valence-electron chi connectivity index (χ1n) is 13.1. The Hall–Kier alpha value is -2.87. The van der Waals surface area contributed by atoms with E-state index in [1.807, 2.05) is 33.8 Å². The summed E-state index contributed by atoms with van der Waals surface area (Å²) in [5.41, 5.74) is 8.01. The molecule has 2 aliphatic heterocycles. The number of aliphatic hydroxyl groups excluding tert-OH is 1. The SMILES string of the molecule is CC(=O)N1CCc2c(c(-c3ccc(Cl)cc3)nn2CC(O)CN2CCN(c3cccc(C)c3C)CC2)C1. The van der Waals surface area contributed by atoms with Crippen LogP contribution < -0.4 is 4.90 Å². The Bertz CT molecular complexity index is 1260. The van der Waals surface area contributed by atoms with E-state index in [-0.39, 0.29) is 5.91 Å². The second kappa shape index (κ2) is 10.9. The summed E-state index contributed by atoms with van der Waals surface area (Å²) in [5.74, 6) is 0.0699. The number of aliphatic hydroxyl groups is 1. The summed E-state index contributed by atoms with van der Waals surface area (Å²) in [7, 11) is 0. The molecular formula is C29H36ClN5O2. The summed E-state index contributed by atoms with van der Waals surface area (Å²) in [6, 6.07) is 14.2. The van der Waals surface area contributed by atoms with Crippen LogP contribution in [0.15, 0.2) is 42.5 Å². The predicted molar refractivity (Wildman–Crippen MR) is 148 cm³/mol. The molecule has 0 aliphatic carbocycles. The molecule has 0 radical (unpaired) electrons. The minimum absolute atomic E-state index is 0.0699. The number of carbonyl (C=O) groups is 1. The highest BCUT2D eigenvalue weighted by Gasteiger charge is 2.28. The number of carbonyl (C=O) groups excluding carboxylic acids is 1. The molecule has 37 heavy (non-hydrogen) atoms. The molecule has 1 fully saturated rings. The smallest absolute Gasteiger partial charge is 0.219 e. The average molecular weight is 522 g/mol. The number of hydrogen-bond donors (Lipinski definition) is 1. The van der Waals surface area contributed by atoms with Crippen LogP contribution in [0.4, 0.5) is 5.69 Å². The lowest BCUT2D eigenvalue weighted by atomic mass is 10.0. The van der Waals surface area contributed by atoms with Gasteiger partial charge in [-0.15, -0.1) is 0 Å². The molecule has 2 aliphatic rings. The van der Waals surface area contributed by atoms with Gasteiger partial charge < -0.3 is 14.9 Å². The fourth-order valence-corrected chi connectivity index (χ4v) is 5.68. The summed E-state index contributed by atoms with van der Waals surface area (Å²) >= 11 is 6.11. The molecule has 1 aromatic heterocycles. The van der Waals surface area contributed by atoms with Crippen molar-refractivity contribution in [3.05, 3.63) is 69.9 Å². The number of piperazine rings is 1. The first-order valence-corrected chi connectivity index (χ1v) is 13.5. The quantitative estimate of drug-likeness (QED) is 0.533. The number of halogens is 1. The van der Waals surface area contributed by atoms with E-state index in [9.17, 15) is 9.90 Å². The lowest BCUT2D eigenvalue weighted by Crippen LogP contribution is -2.49. The Morgan fingerprint density at radius 3 is 2.46 bits per heavy atom. The highest BCUT2D eigenvalue weighted by Crippen LogP contribution is 2.31. The van der Waals surface area contributed by atoms with E-state index in [0.29, 0.717) is 31.2 Å². The Labute approximate surface area is 224 Å². The molecule has 1 unspecified atom stereocenters. The van der Waals surface area contributed by atoms with E-state index in [1.165, 1.54) is 16.8 Å². The van der Waals surface area contributed by atoms with Crippen molar-refractivity contribution in [1.29, 1.82) is 0 Å². The van der Waals surface area contributed by atoms with Crippen LogP contribution in [0.2, 0.25) is 5.02 Å². The minimum atomic E-state index is -0.528. The average Bonchev–Trinajstić information content (AvgIpc) is 3.24. The van der Waals surface area contributed by atoms with Crippen LogP contribution >= 0.6 is 11.6 Å². The lowest BCUT2D eigenvalue weighted by molar-refractivity contribution is -0.129. The molecular weight excluding hydrogens is 486 g/mol. The van der Waals surface area contributed by atoms with Crippen molar-refractivity contribution in [2.24, 2.45) is 0 Å². The second-order valence-corrected chi connectivity index (χ2v) is 10.8. The zero-order chi connectivity index (χ0) is 26.1. The van der Waals surface area contributed by atoms with Gasteiger partial charge in [-0.2, -0.15) is 5.10 Å². The van der Waals surface area contributed by atoms with Crippen LogP contribution in [-0.4, -0.2) is 76.0 Å². The van der Waals surface area contributed by atoms with E-state index in [0.717, 1.165) is 55.1 Å². The van der Waals surface area contributed by atoms with E-state index < -0.39 is 6.10 Å². The molecule has 5 rings (SSSR count). The Morgan fingerprint density at radius 1 is 1.03 bits per heavy atom. The normalized spacial score (nSPS) is 17.1. The topological polar surface area (TPSA) is 64.8 Å². The van der Waals surface area contributed by atoms with Crippen molar-refractivity contribution in [2.75, 3.05) is 44.2 Å². The fraction of sp³-hybridized carbons (Fsp3) is 0.448. The maximum Gasteiger partial charge on any atom is 0.219 e. The Kier molecular flexibility index (Phi) is 7.56. The molecule has 2 aromatic carbocycles. The molecule has 1 N–H and O–H groups in total. The van der Waals surface area contributed by atoms with Gasteiger partial charge in [0.05, 0.1) is 18.3 Å². The van der Waals surface area contributed by atoms with Gasteiger partial charge in [-0.05, 0) is 43.2 Å². The largest absolute Gasteiger partial charge is 0.390 e. The van der Waals surface area contributed by atoms with Gasteiger partial charge in [0, 0.05) is 86.7 Å². The first-order chi connectivity index (χ1) is 17.8. The van der Waals surface area contributed by atoms with Gasteiger partial charge in [-0.1, -0.05) is 35.9 Å². The number of aryl methyl sites for hydroxylation is 1. The van der Waals surface area contributed by atoms with Crippen LogP contribution in [0.1, 0.15) is 29.3 Å². The third-order valence-corrected chi connectivity index (χ3v) is 8.09. The number of β-amino-alcohol motifs (C(OH)–C–C–N with tert-alkyl or cyclic N) is 1. The molecule has 3 heterocycles. The van der Waals surface area contributed by atoms with Crippen LogP contribution in [0.3, 0.4) is 0 Å². The summed E-state index contributed by atoms with van der Waals surface area (Å²) in [4.78, 5) is 18.7. The monoisotopic (exact) mass is 521 g/mol. The third kappa shape index (κ3) is 5.54. The van der Waals surface area contributed by atoms with Crippen molar-refractivity contribution in [2.45, 2.75) is 46.4 Å². The minimum Gasteiger partial charge on any atom is -0.390 e. The third-order valence-electron chi connectivity index (χ3n) is 7.84. The molecule has 196 valence electrons. The van der Waals surface area contributed by atoms with E-state index in [4.69, 9.17) is 16.7 Å². The number of amides is 1. The van der Waals surface area contributed by atoms with Crippen LogP contribution in [0.5, 0.6) is 0 Å². The first kappa shape index (κ1) is 25.8. The van der Waals surface area contributed by atoms with Crippen molar-refractivity contribution in [3.8, 4) is 11.3 Å². The van der Waals surface area contributed by atoms with Crippen molar-refractivity contribution < 1.29 is 9.90 Å². The van der Waals surface area contributed by atoms with Gasteiger partial charge in [0.15, 0.2) is 0 Å². The number of nitrogens with zero attached hydrogens (tertiary/aromatic N) is 5. The van der Waals surface area contributed by atoms with E-state index in [2.05, 4.69) is 41.8 Å². The molecule has 8 heteroatoms. The molecule has 1 amide bonds. The molecule has 1 atom stereocenters. The zero-order valence-electron chi connectivity index (χ0n) is 22.0. The number of hydrogen-bond acceptors (Lipinski definition) is 5. The number of anilines is 1. The van der Waals surface area contributed by atoms with Crippen molar-refractivity contribution in [3.63, 3.8) is 0 Å². The molecule has 0 spiro atoms. The maximum absolute atomic E-state index is 12.1. The van der Waals surface area contributed by atoms with Gasteiger partial charge in [-0.3, -0.25) is 14.4 Å². The molecule has 0 bridgehead atoms. The summed E-state index contributed by atoms with van der Waals surface area (Å²) in [6.07, 6.45) is 0.205. The van der Waals surface area contributed by atoms with Crippen molar-refractivity contribution >= 4 is 23.2 Å². The molecule has 0 saturated carbocycles. The number of benzene rings is 2. The highest BCUT2D eigenvalue weighted by atomic mass is 35.5. The zero-order valence-corrected chi connectivity index (χ0v) is 22.7. The highest BCUT2D eigenvalue weighted by molar-refractivity contribution is 6.30. The van der Waals surface area contributed by atoms with Crippen molar-refractivity contribution in [1.82, 2.24) is 19.6 Å². The Morgan fingerprint density at radius 2 is 1.76 bits per heavy atom. The summed E-state index contributed by atoms with van der Waals surface area (Å²) in [5, 5.41) is 16.7. The second-order valence-electron chi connectivity index (χ2n) is 10.3. The fourth-order valence-electron chi connectivity index (χ4n) is 5.56. The Balaban J connectivity index is 1.27. The van der Waals surface area contributed by atoms with Gasteiger partial charge in [0.2, 0.25) is 5.91 Å². The summed E-state index contributed by atoms with van der Waals surface area (Å²) < 4.78 is 1.97. The number of rotatable bonds is 6. The van der Waals surface area contributed by atoms with Gasteiger partial charge in [0.25, 0.3) is 0 Å². The van der Waals surface area contributed by atoms with Crippen LogP contribution in [0, 0.1) is 13.8 Å². The van der Waals surface area contributed by atoms with Gasteiger partial charge in [-0.25, -0.2) is 0 Å². The van der Waals surface area contributed by atoms with Gasteiger partial charge in [0.1, 0.15) is 0 Å². The van der Waals surface area contributed by atoms with E-state index in [1.54, 1.807) is 6.92 Å². The summed E-state index contributed by atoms with van der Waals surface area (Å²) in [6.45, 7) is 12.0. The maximum atomic E-state index is 12.1. The van der Waals surface area contributed by atoms with Crippen LogP contribution in [0.25, 0.3) is 11.3 Å². The van der Waals surface area contributed by atoms with Gasteiger partial charge >= 0.3 is 0 Å². The standard InChI is InChI=1S/C29H36ClN5O2/c1-20-5-4-6-27(21(20)2)33-15-13-32(14-16-33)17-25(37)18-35-28-11-12-34(22(3)36)19-26(28)29(31-35)23-7-9-24(30)10-8-23/h4-10,25,37H,11-19H2,1-3H3. The number of aromatic nitrogens is 2.